The number of amides is 1. The Morgan fingerprint density at radius 1 is 1.16 bits per heavy atom. The van der Waals surface area contributed by atoms with Crippen LogP contribution in [0.2, 0.25) is 0 Å². The molecule has 2 aliphatic rings. The van der Waals surface area contributed by atoms with Gasteiger partial charge < -0.3 is 14.2 Å². The summed E-state index contributed by atoms with van der Waals surface area (Å²) in [6.07, 6.45) is 5.90. The lowest BCUT2D eigenvalue weighted by molar-refractivity contribution is -0.142. The number of carbonyl (C=O) groups is 1. The first-order valence-corrected chi connectivity index (χ1v) is 11.4. The van der Waals surface area contributed by atoms with E-state index in [1.807, 2.05) is 24.8 Å². The summed E-state index contributed by atoms with van der Waals surface area (Å²) in [4.78, 5) is 15.4. The number of hydrogen-bond donors (Lipinski definition) is 0. The lowest BCUT2D eigenvalue weighted by atomic mass is 9.95. The van der Waals surface area contributed by atoms with E-state index in [4.69, 9.17) is 4.74 Å². The van der Waals surface area contributed by atoms with Crippen LogP contribution in [0.1, 0.15) is 69.1 Å². The van der Waals surface area contributed by atoms with Crippen LogP contribution in [-0.4, -0.2) is 44.8 Å². The Bertz CT molecular complexity index is 961. The van der Waals surface area contributed by atoms with Gasteiger partial charge in [-0.15, -0.1) is 10.2 Å². The van der Waals surface area contributed by atoms with Crippen LogP contribution in [0.4, 0.5) is 0 Å². The van der Waals surface area contributed by atoms with E-state index in [9.17, 15) is 10.1 Å². The third-order valence-electron chi connectivity index (χ3n) is 6.35. The van der Waals surface area contributed by atoms with Crippen molar-refractivity contribution in [3.8, 4) is 11.8 Å². The van der Waals surface area contributed by atoms with Gasteiger partial charge in [-0.05, 0) is 43.7 Å². The predicted octanol–water partition coefficient (Wildman–Crippen LogP) is 3.69. The van der Waals surface area contributed by atoms with Gasteiger partial charge in [-0.3, -0.25) is 4.79 Å². The minimum absolute atomic E-state index is 0.0102. The molecule has 2 atom stereocenters. The highest BCUT2D eigenvalue weighted by Crippen LogP contribution is 2.29. The molecular weight excluding hydrogens is 390 g/mol. The molecule has 2 aromatic rings. The van der Waals surface area contributed by atoms with Crippen molar-refractivity contribution >= 4 is 5.91 Å². The van der Waals surface area contributed by atoms with Gasteiger partial charge in [0, 0.05) is 32.0 Å². The summed E-state index contributed by atoms with van der Waals surface area (Å²) in [5.74, 6) is 2.77. The smallest absolute Gasteiger partial charge is 0.263 e. The number of para-hydroxylation sites is 1. The quantitative estimate of drug-likeness (QED) is 0.735. The first kappa shape index (κ1) is 21.4. The fourth-order valence-corrected chi connectivity index (χ4v) is 4.65. The average Bonchev–Trinajstić information content (AvgIpc) is 3.05. The third kappa shape index (κ3) is 4.58. The minimum atomic E-state index is -0.622. The van der Waals surface area contributed by atoms with Crippen LogP contribution in [0.3, 0.4) is 0 Å². The van der Waals surface area contributed by atoms with Gasteiger partial charge in [0.05, 0.1) is 5.56 Å². The van der Waals surface area contributed by atoms with Crippen molar-refractivity contribution in [2.45, 2.75) is 70.9 Å². The monoisotopic (exact) mass is 421 g/mol. The van der Waals surface area contributed by atoms with Crippen molar-refractivity contribution in [2.24, 2.45) is 5.92 Å². The number of benzene rings is 1. The maximum Gasteiger partial charge on any atom is 0.263 e. The van der Waals surface area contributed by atoms with Crippen molar-refractivity contribution < 1.29 is 9.53 Å². The third-order valence-corrected chi connectivity index (χ3v) is 6.35. The lowest BCUT2D eigenvalue weighted by Crippen LogP contribution is -2.48. The van der Waals surface area contributed by atoms with Crippen LogP contribution in [0.15, 0.2) is 24.3 Å². The highest BCUT2D eigenvalue weighted by Gasteiger charge is 2.35. The molecule has 0 N–H and O–H groups in total. The Labute approximate surface area is 184 Å². The number of aromatic nitrogens is 3. The molecule has 0 bridgehead atoms. The van der Waals surface area contributed by atoms with E-state index in [1.165, 1.54) is 12.8 Å². The molecule has 1 aromatic heterocycles. The summed E-state index contributed by atoms with van der Waals surface area (Å²) in [6, 6.07) is 9.24. The Hall–Kier alpha value is -2.88. The second-order valence-corrected chi connectivity index (χ2v) is 8.95. The predicted molar refractivity (Wildman–Crippen MR) is 117 cm³/mol. The van der Waals surface area contributed by atoms with Crippen molar-refractivity contribution in [1.29, 1.82) is 5.26 Å². The SMILES string of the molecule is CC(C)C(Oc1ccccc1C#N)C(=O)N1CCCC(c2nnc3n2CCCCC3)C1. The van der Waals surface area contributed by atoms with Gasteiger partial charge in [-0.2, -0.15) is 5.26 Å². The summed E-state index contributed by atoms with van der Waals surface area (Å²) < 4.78 is 8.40. The molecule has 2 aliphatic heterocycles. The molecule has 0 saturated carbocycles. The van der Waals surface area contributed by atoms with Gasteiger partial charge in [0.25, 0.3) is 5.91 Å². The summed E-state index contributed by atoms with van der Waals surface area (Å²) in [7, 11) is 0. The number of carbonyl (C=O) groups excluding carboxylic acids is 1. The van der Waals surface area contributed by atoms with Crippen LogP contribution in [0.25, 0.3) is 0 Å². The molecule has 4 rings (SSSR count). The van der Waals surface area contributed by atoms with Crippen molar-refractivity contribution in [3.05, 3.63) is 41.5 Å². The molecule has 164 valence electrons. The summed E-state index contributed by atoms with van der Waals surface area (Å²) >= 11 is 0. The molecule has 1 aromatic carbocycles. The first-order valence-electron chi connectivity index (χ1n) is 11.4. The minimum Gasteiger partial charge on any atom is -0.479 e. The van der Waals surface area contributed by atoms with Gasteiger partial charge in [0.2, 0.25) is 0 Å². The van der Waals surface area contributed by atoms with Gasteiger partial charge in [-0.1, -0.05) is 32.4 Å². The number of likely N-dealkylation sites (tertiary alicyclic amines) is 1. The molecule has 1 fully saturated rings. The number of fused-ring (bicyclic) bond motifs is 1. The number of hydrogen-bond acceptors (Lipinski definition) is 5. The van der Waals surface area contributed by atoms with Crippen molar-refractivity contribution in [1.82, 2.24) is 19.7 Å². The van der Waals surface area contributed by atoms with E-state index >= 15 is 0 Å². The molecule has 3 heterocycles. The molecule has 1 amide bonds. The van der Waals surface area contributed by atoms with Crippen LogP contribution in [0.5, 0.6) is 5.75 Å². The van der Waals surface area contributed by atoms with Gasteiger partial charge in [0.1, 0.15) is 23.5 Å². The summed E-state index contributed by atoms with van der Waals surface area (Å²) in [6.45, 7) is 6.31. The van der Waals surface area contributed by atoms with E-state index in [1.54, 1.807) is 18.2 Å². The van der Waals surface area contributed by atoms with Crippen LogP contribution >= 0.6 is 0 Å². The normalized spacial score (nSPS) is 19.9. The highest BCUT2D eigenvalue weighted by atomic mass is 16.5. The molecular formula is C24H31N5O2. The molecule has 7 nitrogen and oxygen atoms in total. The van der Waals surface area contributed by atoms with Crippen LogP contribution in [-0.2, 0) is 17.8 Å². The Balaban J connectivity index is 1.51. The van der Waals surface area contributed by atoms with Crippen molar-refractivity contribution in [2.75, 3.05) is 13.1 Å². The van der Waals surface area contributed by atoms with E-state index in [-0.39, 0.29) is 17.7 Å². The zero-order chi connectivity index (χ0) is 21.8. The van der Waals surface area contributed by atoms with E-state index in [0.717, 1.165) is 50.4 Å². The standard InChI is InChI=1S/C24H31N5O2/c1-17(2)22(31-20-11-6-5-9-18(20)15-25)24(30)28-13-8-10-19(16-28)23-27-26-21-12-4-3-7-14-29(21)23/h5-6,9,11,17,19,22H,3-4,7-8,10,12-14,16H2,1-2H3. The highest BCUT2D eigenvalue weighted by molar-refractivity contribution is 5.82. The maximum absolute atomic E-state index is 13.5. The molecule has 0 aliphatic carbocycles. The Morgan fingerprint density at radius 3 is 2.81 bits per heavy atom. The zero-order valence-electron chi connectivity index (χ0n) is 18.5. The van der Waals surface area contributed by atoms with Gasteiger partial charge in [0.15, 0.2) is 6.10 Å². The molecule has 7 heteroatoms. The van der Waals surface area contributed by atoms with Crippen LogP contribution in [0, 0.1) is 17.2 Å². The van der Waals surface area contributed by atoms with E-state index in [2.05, 4.69) is 20.8 Å². The number of ether oxygens (including phenoxy) is 1. The van der Waals surface area contributed by atoms with E-state index in [0.29, 0.717) is 17.9 Å². The Morgan fingerprint density at radius 2 is 2.00 bits per heavy atom. The molecule has 0 spiro atoms. The fourth-order valence-electron chi connectivity index (χ4n) is 4.65. The molecule has 0 radical (unpaired) electrons. The fraction of sp³-hybridized carbons (Fsp3) is 0.583. The average molecular weight is 422 g/mol. The molecule has 2 unspecified atom stereocenters. The molecule has 31 heavy (non-hydrogen) atoms. The number of nitrogens with zero attached hydrogens (tertiary/aromatic N) is 5. The number of rotatable bonds is 5. The zero-order valence-corrected chi connectivity index (χ0v) is 18.5. The number of aryl methyl sites for hydroxylation is 1. The largest absolute Gasteiger partial charge is 0.479 e. The van der Waals surface area contributed by atoms with Gasteiger partial charge >= 0.3 is 0 Å². The summed E-state index contributed by atoms with van der Waals surface area (Å²) in [5.41, 5.74) is 0.448. The second-order valence-electron chi connectivity index (χ2n) is 8.95. The number of nitriles is 1. The first-order chi connectivity index (χ1) is 15.1. The molecule has 1 saturated heterocycles. The second kappa shape index (κ2) is 9.51. The Kier molecular flexibility index (Phi) is 6.55. The van der Waals surface area contributed by atoms with Crippen LogP contribution < -0.4 is 4.74 Å². The van der Waals surface area contributed by atoms with Crippen molar-refractivity contribution in [3.63, 3.8) is 0 Å². The lowest BCUT2D eigenvalue weighted by Gasteiger charge is -2.35. The topological polar surface area (TPSA) is 84.0 Å². The maximum atomic E-state index is 13.5. The number of piperidine rings is 1. The summed E-state index contributed by atoms with van der Waals surface area (Å²) in [5, 5.41) is 18.4. The van der Waals surface area contributed by atoms with Gasteiger partial charge in [-0.25, -0.2) is 0 Å². The van der Waals surface area contributed by atoms with E-state index < -0.39 is 6.10 Å².